The number of H-pyrrole nitrogens is 1. The number of rotatable bonds is 4. The van der Waals surface area contributed by atoms with E-state index in [0.717, 1.165) is 11.0 Å². The van der Waals surface area contributed by atoms with Crippen LogP contribution in [0.4, 0.5) is 0 Å². The third-order valence-corrected chi connectivity index (χ3v) is 4.51. The molecule has 2 unspecified atom stereocenters. The molecule has 1 heterocycles. The number of halogens is 2. The Hall–Kier alpha value is -1.52. The number of imidazole rings is 1. The molecule has 2 atom stereocenters. The number of esters is 1. The summed E-state index contributed by atoms with van der Waals surface area (Å²) in [6, 6.07) is 7.68. The van der Waals surface area contributed by atoms with Crippen molar-refractivity contribution in [1.82, 2.24) is 9.97 Å². The number of carbonyl (C=O) groups excluding carboxylic acids is 1. The highest BCUT2D eigenvalue weighted by Gasteiger charge is 2.61. The third-order valence-electron chi connectivity index (χ3n) is 4.26. The van der Waals surface area contributed by atoms with Crippen LogP contribution in [0.5, 0.6) is 0 Å². The average molecular weight is 339 g/mol. The van der Waals surface area contributed by atoms with Crippen molar-refractivity contribution in [2.45, 2.75) is 20.5 Å². The first-order valence-electron chi connectivity index (χ1n) is 7.02. The van der Waals surface area contributed by atoms with Gasteiger partial charge in [0.1, 0.15) is 16.9 Å². The maximum Gasteiger partial charge on any atom is 0.310 e. The minimum absolute atomic E-state index is 0.0145. The van der Waals surface area contributed by atoms with Crippen LogP contribution in [-0.4, -0.2) is 15.9 Å². The molecular formula is C16H16Cl2N2O2. The Morgan fingerprint density at radius 1 is 1.41 bits per heavy atom. The van der Waals surface area contributed by atoms with Crippen LogP contribution in [0.2, 0.25) is 0 Å². The number of allylic oxidation sites excluding steroid dienone is 1. The van der Waals surface area contributed by atoms with Crippen molar-refractivity contribution in [2.75, 3.05) is 0 Å². The predicted molar refractivity (Wildman–Crippen MR) is 86.4 cm³/mol. The standard InChI is InChI=1S/C16H16Cl2N2O2/c1-16(2)9(7-12(17)18)14(16)15(21)22-8-13-19-10-5-3-4-6-11(10)20-13/h3-7,9,14H,8H2,1-2H3,(H,19,20). The molecule has 1 fully saturated rings. The van der Waals surface area contributed by atoms with Gasteiger partial charge in [-0.15, -0.1) is 0 Å². The van der Waals surface area contributed by atoms with Gasteiger partial charge in [-0.05, 0) is 29.5 Å². The van der Waals surface area contributed by atoms with Crippen LogP contribution in [0.25, 0.3) is 11.0 Å². The second-order valence-electron chi connectivity index (χ2n) is 6.09. The fourth-order valence-corrected chi connectivity index (χ4v) is 3.15. The van der Waals surface area contributed by atoms with Gasteiger partial charge in [-0.3, -0.25) is 4.79 Å². The summed E-state index contributed by atoms with van der Waals surface area (Å²) in [5.74, 6) is 0.182. The number of hydrogen-bond acceptors (Lipinski definition) is 3. The number of hydrogen-bond donors (Lipinski definition) is 1. The van der Waals surface area contributed by atoms with E-state index >= 15 is 0 Å². The molecule has 0 bridgehead atoms. The lowest BCUT2D eigenvalue weighted by atomic mass is 10.1. The molecule has 116 valence electrons. The summed E-state index contributed by atoms with van der Waals surface area (Å²) in [5, 5.41) is 0. The predicted octanol–water partition coefficient (Wildman–Crippen LogP) is 4.20. The Morgan fingerprint density at radius 2 is 2.14 bits per heavy atom. The van der Waals surface area contributed by atoms with Crippen LogP contribution in [0.1, 0.15) is 19.7 Å². The number of aromatic amines is 1. The van der Waals surface area contributed by atoms with Crippen molar-refractivity contribution in [2.24, 2.45) is 17.3 Å². The Kier molecular flexibility index (Phi) is 3.91. The van der Waals surface area contributed by atoms with Crippen LogP contribution >= 0.6 is 23.2 Å². The fraction of sp³-hybridized carbons (Fsp3) is 0.375. The molecule has 0 aliphatic heterocycles. The third kappa shape index (κ3) is 2.85. The molecule has 6 heteroatoms. The van der Waals surface area contributed by atoms with E-state index in [1.807, 2.05) is 38.1 Å². The Balaban J connectivity index is 1.64. The SMILES string of the molecule is CC1(C)C(C=C(Cl)Cl)C1C(=O)OCc1nc2ccccc2[nH]1. The van der Waals surface area contributed by atoms with Crippen molar-refractivity contribution in [3.05, 3.63) is 40.7 Å². The lowest BCUT2D eigenvalue weighted by Crippen LogP contribution is -2.11. The zero-order valence-corrected chi connectivity index (χ0v) is 13.8. The molecule has 2 aromatic rings. The average Bonchev–Trinajstić information content (AvgIpc) is 2.83. The summed E-state index contributed by atoms with van der Waals surface area (Å²) in [5.41, 5.74) is 1.60. The molecule has 1 aromatic carbocycles. The molecule has 1 N–H and O–H groups in total. The van der Waals surface area contributed by atoms with Crippen LogP contribution in [0.15, 0.2) is 34.8 Å². The smallest absolute Gasteiger partial charge is 0.310 e. The number of nitrogens with one attached hydrogen (secondary N) is 1. The summed E-state index contributed by atoms with van der Waals surface area (Å²) in [6.45, 7) is 4.13. The summed E-state index contributed by atoms with van der Waals surface area (Å²) < 4.78 is 5.57. The quantitative estimate of drug-likeness (QED) is 0.850. The van der Waals surface area contributed by atoms with E-state index in [9.17, 15) is 4.79 Å². The Labute approximate surface area is 138 Å². The fourth-order valence-electron chi connectivity index (χ4n) is 2.88. The number of ether oxygens (including phenoxy) is 1. The van der Waals surface area contributed by atoms with Crippen molar-refractivity contribution < 1.29 is 9.53 Å². The van der Waals surface area contributed by atoms with Gasteiger partial charge in [0, 0.05) is 0 Å². The van der Waals surface area contributed by atoms with Crippen molar-refractivity contribution >= 4 is 40.2 Å². The molecule has 1 saturated carbocycles. The molecule has 1 aromatic heterocycles. The van der Waals surface area contributed by atoms with Gasteiger partial charge in [-0.1, -0.05) is 49.2 Å². The monoisotopic (exact) mass is 338 g/mol. The number of aromatic nitrogens is 2. The maximum absolute atomic E-state index is 12.2. The topological polar surface area (TPSA) is 55.0 Å². The van der Waals surface area contributed by atoms with E-state index in [2.05, 4.69) is 9.97 Å². The normalized spacial score (nSPS) is 22.4. The first-order chi connectivity index (χ1) is 10.4. The largest absolute Gasteiger partial charge is 0.457 e. The summed E-state index contributed by atoms with van der Waals surface area (Å²) in [7, 11) is 0. The zero-order chi connectivity index (χ0) is 15.9. The molecule has 1 aliphatic carbocycles. The van der Waals surface area contributed by atoms with Crippen LogP contribution < -0.4 is 0 Å². The summed E-state index contributed by atoms with van der Waals surface area (Å²) >= 11 is 11.4. The van der Waals surface area contributed by atoms with E-state index in [0.29, 0.717) is 5.82 Å². The Bertz CT molecular complexity index is 714. The molecule has 0 spiro atoms. The highest BCUT2D eigenvalue weighted by atomic mass is 35.5. The van der Waals surface area contributed by atoms with Crippen molar-refractivity contribution in [3.8, 4) is 0 Å². The highest BCUT2D eigenvalue weighted by molar-refractivity contribution is 6.55. The van der Waals surface area contributed by atoms with Gasteiger partial charge in [0.15, 0.2) is 0 Å². The van der Waals surface area contributed by atoms with Crippen molar-refractivity contribution in [1.29, 1.82) is 0 Å². The number of benzene rings is 1. The maximum atomic E-state index is 12.2. The Morgan fingerprint density at radius 3 is 2.82 bits per heavy atom. The van der Waals surface area contributed by atoms with Gasteiger partial charge in [0.2, 0.25) is 0 Å². The van der Waals surface area contributed by atoms with Gasteiger partial charge in [0.05, 0.1) is 17.0 Å². The van der Waals surface area contributed by atoms with Crippen LogP contribution in [-0.2, 0) is 16.1 Å². The van der Waals surface area contributed by atoms with Gasteiger partial charge in [-0.2, -0.15) is 0 Å². The lowest BCUT2D eigenvalue weighted by molar-refractivity contribution is -0.147. The van der Waals surface area contributed by atoms with E-state index in [1.54, 1.807) is 6.08 Å². The number of para-hydroxylation sites is 2. The van der Waals surface area contributed by atoms with Crippen molar-refractivity contribution in [3.63, 3.8) is 0 Å². The summed E-state index contributed by atoms with van der Waals surface area (Å²) in [6.07, 6.45) is 1.70. The van der Waals surface area contributed by atoms with Crippen LogP contribution in [0.3, 0.4) is 0 Å². The minimum atomic E-state index is -0.249. The molecule has 22 heavy (non-hydrogen) atoms. The molecular weight excluding hydrogens is 323 g/mol. The van der Waals surface area contributed by atoms with Crippen LogP contribution in [0, 0.1) is 17.3 Å². The van der Waals surface area contributed by atoms with Gasteiger partial charge >= 0.3 is 5.97 Å². The molecule has 0 amide bonds. The molecule has 3 rings (SSSR count). The molecule has 0 saturated heterocycles. The van der Waals surface area contributed by atoms with Gasteiger partial charge in [-0.25, -0.2) is 4.98 Å². The van der Waals surface area contributed by atoms with E-state index in [4.69, 9.17) is 27.9 Å². The lowest BCUT2D eigenvalue weighted by Gasteiger charge is -2.03. The molecule has 1 aliphatic rings. The molecule has 0 radical (unpaired) electrons. The summed E-state index contributed by atoms with van der Waals surface area (Å²) in [4.78, 5) is 19.7. The van der Waals surface area contributed by atoms with Gasteiger partial charge < -0.3 is 9.72 Å². The number of fused-ring (bicyclic) bond motifs is 1. The van der Waals surface area contributed by atoms with E-state index in [1.165, 1.54) is 0 Å². The zero-order valence-electron chi connectivity index (χ0n) is 12.3. The highest BCUT2D eigenvalue weighted by Crippen LogP contribution is 2.60. The minimum Gasteiger partial charge on any atom is -0.457 e. The van der Waals surface area contributed by atoms with E-state index < -0.39 is 0 Å². The number of nitrogens with zero attached hydrogens (tertiary/aromatic N) is 1. The molecule has 4 nitrogen and oxygen atoms in total. The number of carbonyl (C=O) groups is 1. The first kappa shape index (κ1) is 15.4. The second kappa shape index (κ2) is 5.60. The van der Waals surface area contributed by atoms with Gasteiger partial charge in [0.25, 0.3) is 0 Å². The second-order valence-corrected chi connectivity index (χ2v) is 7.10. The first-order valence-corrected chi connectivity index (χ1v) is 7.78. The van der Waals surface area contributed by atoms with E-state index in [-0.39, 0.29) is 34.3 Å².